The van der Waals surface area contributed by atoms with Crippen LogP contribution in [0, 0.1) is 0 Å². The minimum absolute atomic E-state index is 0.121. The van der Waals surface area contributed by atoms with Crippen LogP contribution in [-0.2, 0) is 9.53 Å². The van der Waals surface area contributed by atoms with Gasteiger partial charge < -0.3 is 4.74 Å². The predicted octanol–water partition coefficient (Wildman–Crippen LogP) is 1.56. The minimum atomic E-state index is 0.121. The summed E-state index contributed by atoms with van der Waals surface area (Å²) < 4.78 is 4.82. The van der Waals surface area contributed by atoms with Crippen LogP contribution in [0.1, 0.15) is 19.3 Å². The highest BCUT2D eigenvalue weighted by Gasteiger charge is 1.93. The summed E-state index contributed by atoms with van der Waals surface area (Å²) in [5, 5.41) is 0. The summed E-state index contributed by atoms with van der Waals surface area (Å²) in [6.45, 7) is 4.12. The summed E-state index contributed by atoms with van der Waals surface area (Å²) in [5.41, 5.74) is 0. The van der Waals surface area contributed by atoms with E-state index >= 15 is 0 Å². The SMILES string of the molecule is C=CC(=O)CCCCOC. The molecule has 0 aromatic carbocycles. The monoisotopic (exact) mass is 142 g/mol. The molecule has 0 spiro atoms. The van der Waals surface area contributed by atoms with Crippen molar-refractivity contribution in [1.29, 1.82) is 0 Å². The van der Waals surface area contributed by atoms with Crippen LogP contribution < -0.4 is 0 Å². The largest absolute Gasteiger partial charge is 0.385 e. The molecule has 0 aromatic heterocycles. The first-order chi connectivity index (χ1) is 4.81. The molecule has 0 unspecified atom stereocenters. The minimum Gasteiger partial charge on any atom is -0.385 e. The van der Waals surface area contributed by atoms with E-state index in [1.807, 2.05) is 0 Å². The topological polar surface area (TPSA) is 26.3 Å². The third-order valence-electron chi connectivity index (χ3n) is 1.25. The lowest BCUT2D eigenvalue weighted by atomic mass is 10.2. The van der Waals surface area contributed by atoms with Crippen LogP contribution in [0.2, 0.25) is 0 Å². The van der Waals surface area contributed by atoms with Crippen molar-refractivity contribution in [3.05, 3.63) is 12.7 Å². The molecule has 0 saturated heterocycles. The first-order valence-corrected chi connectivity index (χ1v) is 3.45. The second-order valence-corrected chi connectivity index (χ2v) is 2.12. The molecule has 58 valence electrons. The van der Waals surface area contributed by atoms with Gasteiger partial charge in [0.15, 0.2) is 5.78 Å². The van der Waals surface area contributed by atoms with Gasteiger partial charge in [0, 0.05) is 20.1 Å². The molecule has 0 aliphatic rings. The first-order valence-electron chi connectivity index (χ1n) is 3.45. The summed E-state index contributed by atoms with van der Waals surface area (Å²) in [7, 11) is 1.66. The lowest BCUT2D eigenvalue weighted by Crippen LogP contribution is -1.94. The molecular weight excluding hydrogens is 128 g/mol. The molecular formula is C8H14O2. The number of carbonyl (C=O) groups is 1. The fourth-order valence-corrected chi connectivity index (χ4v) is 0.648. The number of rotatable bonds is 6. The number of hydrogen-bond donors (Lipinski definition) is 0. The summed E-state index contributed by atoms with van der Waals surface area (Å²) in [6, 6.07) is 0. The van der Waals surface area contributed by atoms with Crippen molar-refractivity contribution in [2.75, 3.05) is 13.7 Å². The van der Waals surface area contributed by atoms with Gasteiger partial charge >= 0.3 is 0 Å². The van der Waals surface area contributed by atoms with Gasteiger partial charge in [-0.15, -0.1) is 0 Å². The van der Waals surface area contributed by atoms with E-state index in [0.29, 0.717) is 6.42 Å². The maximum absolute atomic E-state index is 10.6. The molecule has 0 rings (SSSR count). The van der Waals surface area contributed by atoms with E-state index < -0.39 is 0 Å². The van der Waals surface area contributed by atoms with Gasteiger partial charge in [-0.1, -0.05) is 6.58 Å². The average molecular weight is 142 g/mol. The summed E-state index contributed by atoms with van der Waals surface area (Å²) in [5.74, 6) is 0.121. The zero-order chi connectivity index (χ0) is 7.82. The second kappa shape index (κ2) is 6.49. The normalized spacial score (nSPS) is 9.30. The molecule has 0 radical (unpaired) electrons. The van der Waals surface area contributed by atoms with E-state index in [1.54, 1.807) is 7.11 Å². The van der Waals surface area contributed by atoms with Crippen LogP contribution in [0.4, 0.5) is 0 Å². The van der Waals surface area contributed by atoms with Crippen LogP contribution in [0.15, 0.2) is 12.7 Å². The fourth-order valence-electron chi connectivity index (χ4n) is 0.648. The molecule has 2 heteroatoms. The van der Waals surface area contributed by atoms with Crippen molar-refractivity contribution < 1.29 is 9.53 Å². The lowest BCUT2D eigenvalue weighted by molar-refractivity contribution is -0.114. The molecule has 2 nitrogen and oxygen atoms in total. The molecule has 0 atom stereocenters. The van der Waals surface area contributed by atoms with Crippen LogP contribution >= 0.6 is 0 Å². The van der Waals surface area contributed by atoms with Gasteiger partial charge in [0.25, 0.3) is 0 Å². The molecule has 10 heavy (non-hydrogen) atoms. The van der Waals surface area contributed by atoms with Gasteiger partial charge in [0.1, 0.15) is 0 Å². The molecule has 0 aliphatic heterocycles. The van der Waals surface area contributed by atoms with Gasteiger partial charge in [-0.2, -0.15) is 0 Å². The predicted molar refractivity (Wildman–Crippen MR) is 40.9 cm³/mol. The molecule has 0 N–H and O–H groups in total. The number of methoxy groups -OCH3 is 1. The number of allylic oxidation sites excluding steroid dienone is 1. The molecule has 0 amide bonds. The van der Waals surface area contributed by atoms with Gasteiger partial charge in [-0.05, 0) is 18.9 Å². The van der Waals surface area contributed by atoms with Crippen molar-refractivity contribution in [1.82, 2.24) is 0 Å². The van der Waals surface area contributed by atoms with Gasteiger partial charge in [0.05, 0.1) is 0 Å². The Morgan fingerprint density at radius 3 is 2.80 bits per heavy atom. The molecule has 0 bridgehead atoms. The maximum Gasteiger partial charge on any atom is 0.155 e. The van der Waals surface area contributed by atoms with Gasteiger partial charge in [0.2, 0.25) is 0 Å². The number of carbonyl (C=O) groups excluding carboxylic acids is 1. The zero-order valence-corrected chi connectivity index (χ0v) is 6.43. The molecule has 0 saturated carbocycles. The Morgan fingerprint density at radius 2 is 2.30 bits per heavy atom. The van der Waals surface area contributed by atoms with E-state index in [2.05, 4.69) is 6.58 Å². The van der Waals surface area contributed by atoms with E-state index in [9.17, 15) is 4.79 Å². The number of hydrogen-bond acceptors (Lipinski definition) is 2. The van der Waals surface area contributed by atoms with Crippen LogP contribution in [0.5, 0.6) is 0 Å². The molecule has 0 aromatic rings. The van der Waals surface area contributed by atoms with Crippen molar-refractivity contribution >= 4 is 5.78 Å². The Balaban J connectivity index is 3.03. The summed E-state index contributed by atoms with van der Waals surface area (Å²) in [6.07, 6.45) is 3.83. The smallest absolute Gasteiger partial charge is 0.155 e. The average Bonchev–Trinajstić information content (AvgIpc) is 1.98. The zero-order valence-electron chi connectivity index (χ0n) is 6.43. The Morgan fingerprint density at radius 1 is 1.60 bits per heavy atom. The Bertz CT molecular complexity index is 108. The van der Waals surface area contributed by atoms with Crippen LogP contribution in [0.3, 0.4) is 0 Å². The quantitative estimate of drug-likeness (QED) is 0.415. The van der Waals surface area contributed by atoms with E-state index in [4.69, 9.17) is 4.74 Å². The third kappa shape index (κ3) is 5.51. The fraction of sp³-hybridized carbons (Fsp3) is 0.625. The number of unbranched alkanes of at least 4 members (excludes halogenated alkanes) is 1. The van der Waals surface area contributed by atoms with Crippen LogP contribution in [0.25, 0.3) is 0 Å². The second-order valence-electron chi connectivity index (χ2n) is 2.12. The highest BCUT2D eigenvalue weighted by molar-refractivity contribution is 5.88. The van der Waals surface area contributed by atoms with Crippen molar-refractivity contribution in [3.63, 3.8) is 0 Å². The third-order valence-corrected chi connectivity index (χ3v) is 1.25. The van der Waals surface area contributed by atoms with Gasteiger partial charge in [-0.25, -0.2) is 0 Å². The highest BCUT2D eigenvalue weighted by Crippen LogP contribution is 1.96. The first kappa shape index (κ1) is 9.37. The molecule has 0 heterocycles. The maximum atomic E-state index is 10.6. The van der Waals surface area contributed by atoms with E-state index in [0.717, 1.165) is 19.4 Å². The van der Waals surface area contributed by atoms with Crippen molar-refractivity contribution in [2.45, 2.75) is 19.3 Å². The number of ketones is 1. The van der Waals surface area contributed by atoms with Crippen molar-refractivity contribution in [2.24, 2.45) is 0 Å². The van der Waals surface area contributed by atoms with E-state index in [1.165, 1.54) is 6.08 Å². The Labute approximate surface area is 61.9 Å². The standard InChI is InChI=1S/C8H14O2/c1-3-8(9)6-4-5-7-10-2/h3H,1,4-7H2,2H3. The Hall–Kier alpha value is -0.630. The van der Waals surface area contributed by atoms with E-state index in [-0.39, 0.29) is 5.78 Å². The van der Waals surface area contributed by atoms with Crippen molar-refractivity contribution in [3.8, 4) is 0 Å². The highest BCUT2D eigenvalue weighted by atomic mass is 16.5. The van der Waals surface area contributed by atoms with Crippen LogP contribution in [-0.4, -0.2) is 19.5 Å². The Kier molecular flexibility index (Phi) is 6.08. The lowest BCUT2D eigenvalue weighted by Gasteiger charge is -1.95. The summed E-state index contributed by atoms with van der Waals surface area (Å²) >= 11 is 0. The number of ether oxygens (including phenoxy) is 1. The summed E-state index contributed by atoms with van der Waals surface area (Å²) in [4.78, 5) is 10.6. The van der Waals surface area contributed by atoms with Gasteiger partial charge in [-0.3, -0.25) is 4.79 Å². The molecule has 0 aliphatic carbocycles. The molecule has 0 fully saturated rings.